The van der Waals surface area contributed by atoms with E-state index in [9.17, 15) is 18.4 Å². The van der Waals surface area contributed by atoms with E-state index in [1.54, 1.807) is 29.2 Å². The number of carbonyl (C=O) groups is 2. The number of hydrogen-bond acceptors (Lipinski definition) is 4. The molecule has 0 saturated carbocycles. The molecule has 1 aliphatic heterocycles. The van der Waals surface area contributed by atoms with Gasteiger partial charge >= 0.3 is 6.09 Å². The number of piperidine rings is 1. The van der Waals surface area contributed by atoms with E-state index in [1.807, 2.05) is 20.8 Å². The first kappa shape index (κ1) is 23.5. The second-order valence-corrected chi connectivity index (χ2v) is 9.28. The highest BCUT2D eigenvalue weighted by atomic mass is 19.2. The summed E-state index contributed by atoms with van der Waals surface area (Å²) < 4.78 is 38.4. The molecular formula is C25H27F2N3O4. The highest BCUT2D eigenvalue weighted by Crippen LogP contribution is 2.26. The van der Waals surface area contributed by atoms with E-state index in [-0.39, 0.29) is 18.1 Å². The monoisotopic (exact) mass is 471 g/mol. The van der Waals surface area contributed by atoms with Crippen LogP contribution >= 0.6 is 0 Å². The molecule has 180 valence electrons. The number of aromatic amines is 1. The Kier molecular flexibility index (Phi) is 6.45. The normalized spacial score (nSPS) is 14.8. The fourth-order valence-electron chi connectivity index (χ4n) is 3.77. The van der Waals surface area contributed by atoms with Gasteiger partial charge in [-0.25, -0.2) is 13.6 Å². The maximum Gasteiger partial charge on any atom is 0.410 e. The zero-order chi connectivity index (χ0) is 24.5. The smallest absolute Gasteiger partial charge is 0.410 e. The van der Waals surface area contributed by atoms with E-state index in [0.717, 1.165) is 12.1 Å². The first-order chi connectivity index (χ1) is 16.1. The molecular weight excluding hydrogens is 444 g/mol. The van der Waals surface area contributed by atoms with E-state index in [4.69, 9.17) is 9.47 Å². The third kappa shape index (κ3) is 5.47. The molecule has 2 aromatic carbocycles. The Morgan fingerprint density at radius 3 is 2.35 bits per heavy atom. The molecule has 2 heterocycles. The van der Waals surface area contributed by atoms with Crippen LogP contribution in [0.25, 0.3) is 10.9 Å². The number of benzene rings is 2. The Balaban J connectivity index is 1.32. The second-order valence-electron chi connectivity index (χ2n) is 9.28. The molecule has 3 aromatic rings. The van der Waals surface area contributed by atoms with Gasteiger partial charge in [-0.05, 0) is 51.1 Å². The van der Waals surface area contributed by atoms with Crippen LogP contribution < -0.4 is 10.1 Å². The number of amides is 2. The second kappa shape index (κ2) is 9.32. The van der Waals surface area contributed by atoms with Crippen molar-refractivity contribution in [2.24, 2.45) is 0 Å². The molecule has 1 fully saturated rings. The zero-order valence-electron chi connectivity index (χ0n) is 19.3. The number of fused-ring (bicyclic) bond motifs is 1. The number of anilines is 1. The van der Waals surface area contributed by atoms with Gasteiger partial charge in [0.2, 0.25) is 0 Å². The van der Waals surface area contributed by atoms with Gasteiger partial charge in [0.05, 0.1) is 11.2 Å². The molecule has 0 radical (unpaired) electrons. The molecule has 2 N–H and O–H groups in total. The van der Waals surface area contributed by atoms with Crippen molar-refractivity contribution in [3.05, 3.63) is 59.8 Å². The van der Waals surface area contributed by atoms with Crippen LogP contribution in [0.15, 0.2) is 42.6 Å². The van der Waals surface area contributed by atoms with Crippen molar-refractivity contribution in [3.8, 4) is 5.75 Å². The molecule has 4 rings (SSSR count). The quantitative estimate of drug-likeness (QED) is 0.528. The summed E-state index contributed by atoms with van der Waals surface area (Å²) in [7, 11) is 0. The average molecular weight is 472 g/mol. The topological polar surface area (TPSA) is 83.7 Å². The number of aromatic nitrogens is 1. The lowest BCUT2D eigenvalue weighted by Gasteiger charge is -2.33. The van der Waals surface area contributed by atoms with Crippen molar-refractivity contribution < 1.29 is 27.8 Å². The molecule has 1 saturated heterocycles. The van der Waals surface area contributed by atoms with Crippen LogP contribution in [0.2, 0.25) is 0 Å². The molecule has 0 atom stereocenters. The minimum atomic E-state index is -0.985. The number of likely N-dealkylation sites (tertiary alicyclic amines) is 1. The van der Waals surface area contributed by atoms with Gasteiger partial charge in [-0.1, -0.05) is 0 Å². The third-order valence-electron chi connectivity index (χ3n) is 5.48. The Bertz CT molecular complexity index is 1190. The molecule has 34 heavy (non-hydrogen) atoms. The minimum Gasteiger partial charge on any atom is -0.490 e. The number of H-pyrrole nitrogens is 1. The first-order valence-electron chi connectivity index (χ1n) is 11.1. The number of hydrogen-bond donors (Lipinski definition) is 2. The lowest BCUT2D eigenvalue weighted by atomic mass is 10.1. The van der Waals surface area contributed by atoms with E-state index in [1.165, 1.54) is 6.20 Å². The van der Waals surface area contributed by atoms with Crippen molar-refractivity contribution in [3.63, 3.8) is 0 Å². The number of nitrogens with zero attached hydrogens (tertiary/aromatic N) is 1. The Hall–Kier alpha value is -3.62. The molecule has 7 nitrogen and oxygen atoms in total. The summed E-state index contributed by atoms with van der Waals surface area (Å²) in [6.07, 6.45) is 2.49. The van der Waals surface area contributed by atoms with E-state index < -0.39 is 17.2 Å². The molecule has 0 spiro atoms. The number of ether oxygens (including phenoxy) is 2. The Labute approximate surface area is 196 Å². The van der Waals surface area contributed by atoms with Crippen molar-refractivity contribution in [1.82, 2.24) is 9.88 Å². The fourth-order valence-corrected chi connectivity index (χ4v) is 3.77. The molecule has 0 aliphatic carbocycles. The Morgan fingerprint density at radius 2 is 1.71 bits per heavy atom. The SMILES string of the molecule is CC(C)(C)OC(=O)N1CCC(Oc2ccc(C(=O)Nc3c[nH]c4cc(F)c(F)cc34)cc2)CC1. The van der Waals surface area contributed by atoms with Crippen molar-refractivity contribution >= 4 is 28.6 Å². The maximum atomic E-state index is 13.6. The van der Waals surface area contributed by atoms with Gasteiger partial charge in [0.25, 0.3) is 5.91 Å². The largest absolute Gasteiger partial charge is 0.490 e. The lowest BCUT2D eigenvalue weighted by molar-refractivity contribution is 0.0126. The number of rotatable bonds is 4. The van der Waals surface area contributed by atoms with E-state index >= 15 is 0 Å². The highest BCUT2D eigenvalue weighted by molar-refractivity contribution is 6.09. The van der Waals surface area contributed by atoms with Crippen LogP contribution in [0.3, 0.4) is 0 Å². The first-order valence-corrected chi connectivity index (χ1v) is 11.1. The number of nitrogens with one attached hydrogen (secondary N) is 2. The van der Waals surface area contributed by atoms with Gasteiger partial charge in [0.15, 0.2) is 11.6 Å². The van der Waals surface area contributed by atoms with E-state index in [0.29, 0.717) is 53.8 Å². The van der Waals surface area contributed by atoms with Crippen LogP contribution in [0.4, 0.5) is 19.3 Å². The van der Waals surface area contributed by atoms with Gasteiger partial charge in [-0.15, -0.1) is 0 Å². The summed E-state index contributed by atoms with van der Waals surface area (Å²) in [6, 6.07) is 8.77. The van der Waals surface area contributed by atoms with Crippen LogP contribution in [0, 0.1) is 11.6 Å². The summed E-state index contributed by atoms with van der Waals surface area (Å²) in [6.45, 7) is 6.62. The summed E-state index contributed by atoms with van der Waals surface area (Å²) in [5.74, 6) is -1.71. The van der Waals surface area contributed by atoms with Crippen LogP contribution in [0.1, 0.15) is 44.0 Å². The van der Waals surface area contributed by atoms with Crippen molar-refractivity contribution in [2.45, 2.75) is 45.3 Å². The Morgan fingerprint density at radius 1 is 1.06 bits per heavy atom. The molecule has 1 aromatic heterocycles. The molecule has 0 bridgehead atoms. The third-order valence-corrected chi connectivity index (χ3v) is 5.48. The molecule has 0 unspecified atom stereocenters. The fraction of sp³-hybridized carbons (Fsp3) is 0.360. The number of halogens is 2. The lowest BCUT2D eigenvalue weighted by Crippen LogP contribution is -2.44. The van der Waals surface area contributed by atoms with E-state index in [2.05, 4.69) is 10.3 Å². The average Bonchev–Trinajstić information content (AvgIpc) is 3.15. The van der Waals surface area contributed by atoms with Gasteiger partial charge in [0, 0.05) is 49.1 Å². The van der Waals surface area contributed by atoms with Gasteiger partial charge in [0.1, 0.15) is 17.5 Å². The van der Waals surface area contributed by atoms with Crippen LogP contribution in [0.5, 0.6) is 5.75 Å². The molecule has 2 amide bonds. The van der Waals surface area contributed by atoms with Gasteiger partial charge < -0.3 is 24.7 Å². The van der Waals surface area contributed by atoms with Crippen LogP contribution in [-0.4, -0.2) is 46.7 Å². The maximum absolute atomic E-state index is 13.6. The molecule has 9 heteroatoms. The van der Waals surface area contributed by atoms with Crippen molar-refractivity contribution in [1.29, 1.82) is 0 Å². The predicted molar refractivity (Wildman–Crippen MR) is 124 cm³/mol. The minimum absolute atomic E-state index is 0.0418. The number of carbonyl (C=O) groups excluding carboxylic acids is 2. The molecule has 1 aliphatic rings. The summed E-state index contributed by atoms with van der Waals surface area (Å²) >= 11 is 0. The van der Waals surface area contributed by atoms with Crippen molar-refractivity contribution in [2.75, 3.05) is 18.4 Å². The highest BCUT2D eigenvalue weighted by Gasteiger charge is 2.27. The summed E-state index contributed by atoms with van der Waals surface area (Å²) in [4.78, 5) is 29.3. The summed E-state index contributed by atoms with van der Waals surface area (Å²) in [5.41, 5.74) is 0.608. The predicted octanol–water partition coefficient (Wildman–Crippen LogP) is 5.48. The van der Waals surface area contributed by atoms with Crippen LogP contribution in [-0.2, 0) is 4.74 Å². The zero-order valence-corrected chi connectivity index (χ0v) is 19.3. The standard InChI is InChI=1S/C25H27F2N3O4/c1-25(2,3)34-24(32)30-10-8-17(9-11-30)33-16-6-4-15(5-7-16)23(31)29-22-14-28-21-13-20(27)19(26)12-18(21)22/h4-7,12-14,17,28H,8-11H2,1-3H3,(H,29,31). The van der Waals surface area contributed by atoms with Gasteiger partial charge in [-0.2, -0.15) is 0 Å². The van der Waals surface area contributed by atoms with Gasteiger partial charge in [-0.3, -0.25) is 4.79 Å². The summed E-state index contributed by atoms with van der Waals surface area (Å²) in [5, 5.41) is 3.09.